The second-order valence-corrected chi connectivity index (χ2v) is 3.98. The largest absolute Gasteiger partial charge is 0.378 e. The Balaban J connectivity index is 2.01. The maximum absolute atomic E-state index is 11.3. The molecule has 1 aliphatic carbocycles. The van der Waals surface area contributed by atoms with Gasteiger partial charge in [0.25, 0.3) is 0 Å². The summed E-state index contributed by atoms with van der Waals surface area (Å²) in [6.07, 6.45) is 3.58. The fourth-order valence-electron chi connectivity index (χ4n) is 1.58. The average Bonchev–Trinajstić information content (AvgIpc) is 2.11. The zero-order valence-electron chi connectivity index (χ0n) is 8.59. The smallest absolute Gasteiger partial charge is 0.220 e. The van der Waals surface area contributed by atoms with Gasteiger partial charge in [0.1, 0.15) is 0 Å². The van der Waals surface area contributed by atoms with Crippen molar-refractivity contribution >= 4 is 17.5 Å². The van der Waals surface area contributed by atoms with Crippen molar-refractivity contribution in [1.29, 1.82) is 0 Å². The summed E-state index contributed by atoms with van der Waals surface area (Å²) >= 11 is 5.49. The summed E-state index contributed by atoms with van der Waals surface area (Å²) < 4.78 is 5.40. The third-order valence-electron chi connectivity index (χ3n) is 2.40. The molecular weight excluding hydrogens is 202 g/mol. The van der Waals surface area contributed by atoms with Crippen LogP contribution in [0.25, 0.3) is 0 Å². The SMILES string of the molecule is CCOC1CC(NC(=O)CCCCl)C1. The Labute approximate surface area is 90.1 Å². The number of carbonyl (C=O) groups is 1. The molecule has 14 heavy (non-hydrogen) atoms. The molecule has 0 bridgehead atoms. The third-order valence-corrected chi connectivity index (χ3v) is 2.67. The van der Waals surface area contributed by atoms with Crippen molar-refractivity contribution in [3.05, 3.63) is 0 Å². The molecule has 0 aromatic carbocycles. The van der Waals surface area contributed by atoms with E-state index in [9.17, 15) is 4.79 Å². The number of carbonyl (C=O) groups excluding carboxylic acids is 1. The zero-order chi connectivity index (χ0) is 10.4. The summed E-state index contributed by atoms with van der Waals surface area (Å²) in [6, 6.07) is 0.328. The van der Waals surface area contributed by atoms with Crippen molar-refractivity contribution in [1.82, 2.24) is 5.32 Å². The van der Waals surface area contributed by atoms with Crippen molar-refractivity contribution in [3.8, 4) is 0 Å². The van der Waals surface area contributed by atoms with Crippen LogP contribution in [0, 0.1) is 0 Å². The van der Waals surface area contributed by atoms with Crippen molar-refractivity contribution < 1.29 is 9.53 Å². The molecule has 0 spiro atoms. The van der Waals surface area contributed by atoms with Gasteiger partial charge in [-0.25, -0.2) is 0 Å². The summed E-state index contributed by atoms with van der Waals surface area (Å²) in [6.45, 7) is 2.75. The highest BCUT2D eigenvalue weighted by Gasteiger charge is 2.30. The van der Waals surface area contributed by atoms with E-state index in [0.29, 0.717) is 24.4 Å². The first-order valence-electron chi connectivity index (χ1n) is 5.23. The molecule has 1 rings (SSSR count). The Morgan fingerprint density at radius 3 is 2.86 bits per heavy atom. The molecule has 0 radical (unpaired) electrons. The van der Waals surface area contributed by atoms with Gasteiger partial charge in [-0.2, -0.15) is 0 Å². The molecule has 0 aliphatic heterocycles. The predicted octanol–water partition coefficient (Wildman–Crippen LogP) is 1.69. The molecule has 0 atom stereocenters. The normalized spacial score (nSPS) is 25.6. The standard InChI is InChI=1S/C10H18ClNO2/c1-2-14-9-6-8(7-9)12-10(13)4-3-5-11/h8-9H,2-7H2,1H3,(H,12,13). The van der Waals surface area contributed by atoms with Gasteiger partial charge in [-0.1, -0.05) is 0 Å². The number of rotatable bonds is 6. The molecule has 1 amide bonds. The number of nitrogens with one attached hydrogen (secondary N) is 1. The lowest BCUT2D eigenvalue weighted by molar-refractivity contribution is -0.123. The number of alkyl halides is 1. The van der Waals surface area contributed by atoms with Gasteiger partial charge in [-0.3, -0.25) is 4.79 Å². The van der Waals surface area contributed by atoms with Crippen LogP contribution in [0.15, 0.2) is 0 Å². The molecule has 1 fully saturated rings. The van der Waals surface area contributed by atoms with Crippen LogP contribution in [0.5, 0.6) is 0 Å². The molecule has 1 N–H and O–H groups in total. The van der Waals surface area contributed by atoms with Crippen molar-refractivity contribution in [2.45, 2.75) is 44.8 Å². The van der Waals surface area contributed by atoms with Crippen LogP contribution in [0.4, 0.5) is 0 Å². The summed E-state index contributed by atoms with van der Waals surface area (Å²) in [5.74, 6) is 0.672. The van der Waals surface area contributed by atoms with Crippen LogP contribution in [0.3, 0.4) is 0 Å². The van der Waals surface area contributed by atoms with Gasteiger partial charge in [-0.05, 0) is 26.2 Å². The quantitative estimate of drug-likeness (QED) is 0.691. The highest BCUT2D eigenvalue weighted by molar-refractivity contribution is 6.17. The third kappa shape index (κ3) is 3.84. The van der Waals surface area contributed by atoms with Gasteiger partial charge in [0.15, 0.2) is 0 Å². The lowest BCUT2D eigenvalue weighted by Gasteiger charge is -2.35. The minimum Gasteiger partial charge on any atom is -0.378 e. The van der Waals surface area contributed by atoms with Crippen molar-refractivity contribution in [3.63, 3.8) is 0 Å². The monoisotopic (exact) mass is 219 g/mol. The Kier molecular flexibility index (Phi) is 5.26. The van der Waals surface area contributed by atoms with Crippen LogP contribution in [0.2, 0.25) is 0 Å². The van der Waals surface area contributed by atoms with Gasteiger partial charge < -0.3 is 10.1 Å². The molecule has 0 unspecified atom stereocenters. The Hall–Kier alpha value is -0.280. The summed E-state index contributed by atoms with van der Waals surface area (Å²) in [4.78, 5) is 11.3. The van der Waals surface area contributed by atoms with E-state index in [2.05, 4.69) is 5.32 Å². The maximum Gasteiger partial charge on any atom is 0.220 e. The second kappa shape index (κ2) is 6.25. The van der Waals surface area contributed by atoms with Gasteiger partial charge in [0, 0.05) is 24.9 Å². The lowest BCUT2D eigenvalue weighted by atomic mass is 9.89. The number of hydrogen-bond acceptors (Lipinski definition) is 2. The van der Waals surface area contributed by atoms with Crippen molar-refractivity contribution in [2.24, 2.45) is 0 Å². The van der Waals surface area contributed by atoms with Gasteiger partial charge in [0.05, 0.1) is 6.10 Å². The first-order valence-corrected chi connectivity index (χ1v) is 5.76. The van der Waals surface area contributed by atoms with Gasteiger partial charge >= 0.3 is 0 Å². The highest BCUT2D eigenvalue weighted by atomic mass is 35.5. The minimum atomic E-state index is 0.116. The van der Waals surface area contributed by atoms with E-state index in [0.717, 1.165) is 25.9 Å². The van der Waals surface area contributed by atoms with Crippen LogP contribution >= 0.6 is 11.6 Å². The fraction of sp³-hybridized carbons (Fsp3) is 0.900. The topological polar surface area (TPSA) is 38.3 Å². The molecule has 0 heterocycles. The highest BCUT2D eigenvalue weighted by Crippen LogP contribution is 2.23. The van der Waals surface area contributed by atoms with E-state index in [-0.39, 0.29) is 5.91 Å². The minimum absolute atomic E-state index is 0.116. The first-order chi connectivity index (χ1) is 6.76. The molecule has 0 aromatic heterocycles. The van der Waals surface area contributed by atoms with E-state index >= 15 is 0 Å². The van der Waals surface area contributed by atoms with Crippen LogP contribution < -0.4 is 5.32 Å². The molecule has 0 saturated heterocycles. The second-order valence-electron chi connectivity index (χ2n) is 3.61. The molecule has 3 nitrogen and oxygen atoms in total. The van der Waals surface area contributed by atoms with E-state index in [1.165, 1.54) is 0 Å². The van der Waals surface area contributed by atoms with Crippen LogP contribution in [-0.4, -0.2) is 30.5 Å². The van der Waals surface area contributed by atoms with Crippen molar-refractivity contribution in [2.75, 3.05) is 12.5 Å². The van der Waals surface area contributed by atoms with E-state index < -0.39 is 0 Å². The van der Waals surface area contributed by atoms with Gasteiger partial charge in [-0.15, -0.1) is 11.6 Å². The maximum atomic E-state index is 11.3. The number of hydrogen-bond donors (Lipinski definition) is 1. The zero-order valence-corrected chi connectivity index (χ0v) is 9.35. The molecule has 1 saturated carbocycles. The van der Waals surface area contributed by atoms with Crippen LogP contribution in [-0.2, 0) is 9.53 Å². The Morgan fingerprint density at radius 2 is 2.29 bits per heavy atom. The first kappa shape index (κ1) is 11.8. The Bertz CT molecular complexity index is 181. The average molecular weight is 220 g/mol. The number of amides is 1. The molecule has 82 valence electrons. The molecular formula is C10H18ClNO2. The van der Waals surface area contributed by atoms with Gasteiger partial charge in [0.2, 0.25) is 5.91 Å². The molecule has 4 heteroatoms. The van der Waals surface area contributed by atoms with Crippen LogP contribution in [0.1, 0.15) is 32.6 Å². The fourth-order valence-corrected chi connectivity index (χ4v) is 1.72. The Morgan fingerprint density at radius 1 is 1.57 bits per heavy atom. The summed E-state index contributed by atoms with van der Waals surface area (Å²) in [5, 5.41) is 2.96. The summed E-state index contributed by atoms with van der Waals surface area (Å²) in [7, 11) is 0. The lowest BCUT2D eigenvalue weighted by Crippen LogP contribution is -2.47. The van der Waals surface area contributed by atoms with E-state index in [4.69, 9.17) is 16.3 Å². The predicted molar refractivity (Wildman–Crippen MR) is 56.5 cm³/mol. The number of ether oxygens (including phenoxy) is 1. The molecule has 1 aliphatic rings. The van der Waals surface area contributed by atoms with E-state index in [1.54, 1.807) is 0 Å². The molecule has 0 aromatic rings. The number of halogens is 1. The van der Waals surface area contributed by atoms with E-state index in [1.807, 2.05) is 6.92 Å². The summed E-state index contributed by atoms with van der Waals surface area (Å²) in [5.41, 5.74) is 0.